The van der Waals surface area contributed by atoms with Crippen molar-refractivity contribution in [3.8, 4) is 0 Å². The Morgan fingerprint density at radius 3 is 1.15 bits per heavy atom. The van der Waals surface area contributed by atoms with E-state index < -0.39 is 5.97 Å². The summed E-state index contributed by atoms with van der Waals surface area (Å²) in [5, 5.41) is 24.5. The summed E-state index contributed by atoms with van der Waals surface area (Å²) in [5.41, 5.74) is 0. The smallest absolute Gasteiger partial charge is 0.550 e. The van der Waals surface area contributed by atoms with E-state index in [0.29, 0.717) is 0 Å². The standard InChI is InChI=1S/2C5H11N.C2H4O2.HNO2.Pd/c2*1-2-4-6-5-3-1;1-2(3)4;2-1-3;/h2*6H,1-5H2;1H3,(H,3,4);(H,2,3);/q;;;;+2/p-2. The predicted octanol–water partition coefficient (Wildman–Crippen LogP) is 0.524. The third kappa shape index (κ3) is 36.0. The Bertz CT molecular complexity index is 162. The van der Waals surface area contributed by atoms with Crippen LogP contribution in [0.15, 0.2) is 5.34 Å². The van der Waals surface area contributed by atoms with Gasteiger partial charge in [0, 0.05) is 5.97 Å². The van der Waals surface area contributed by atoms with Gasteiger partial charge < -0.3 is 30.6 Å². The molecule has 122 valence electrons. The molecule has 2 saturated heterocycles. The largest absolute Gasteiger partial charge is 2.00 e. The average molecular weight is 382 g/mol. The fraction of sp³-hybridized carbons (Fsp3) is 0.917. The fourth-order valence-corrected chi connectivity index (χ4v) is 1.60. The van der Waals surface area contributed by atoms with Crippen molar-refractivity contribution in [1.29, 1.82) is 0 Å². The number of hydrogen-bond donors (Lipinski definition) is 2. The first-order chi connectivity index (χ1) is 9.15. The average Bonchev–Trinajstić information content (AvgIpc) is 2.44. The Morgan fingerprint density at radius 1 is 0.900 bits per heavy atom. The van der Waals surface area contributed by atoms with Gasteiger partial charge in [0.15, 0.2) is 0 Å². The molecule has 2 fully saturated rings. The van der Waals surface area contributed by atoms with E-state index in [4.69, 9.17) is 20.0 Å². The van der Waals surface area contributed by atoms with E-state index in [9.17, 15) is 0 Å². The van der Waals surface area contributed by atoms with Gasteiger partial charge in [-0.3, -0.25) is 0 Å². The van der Waals surface area contributed by atoms with E-state index in [1.165, 1.54) is 64.7 Å². The van der Waals surface area contributed by atoms with E-state index in [-0.39, 0.29) is 20.4 Å². The van der Waals surface area contributed by atoms with Crippen LogP contribution >= 0.6 is 0 Å². The minimum atomic E-state index is -1.08. The number of carbonyl (C=O) groups is 1. The maximum atomic E-state index is 8.89. The van der Waals surface area contributed by atoms with Crippen molar-refractivity contribution in [2.75, 3.05) is 26.2 Å². The van der Waals surface area contributed by atoms with Crippen LogP contribution in [0.2, 0.25) is 0 Å². The molecule has 0 aromatic carbocycles. The Morgan fingerprint density at radius 2 is 1.10 bits per heavy atom. The Balaban J connectivity index is -0.000000198. The van der Waals surface area contributed by atoms with Crippen molar-refractivity contribution in [3.63, 3.8) is 0 Å². The number of aliphatic carboxylic acids is 1. The van der Waals surface area contributed by atoms with Crippen LogP contribution in [0.5, 0.6) is 0 Å². The molecule has 0 bridgehead atoms. The first-order valence-electron chi connectivity index (χ1n) is 6.69. The Hall–Kier alpha value is -0.548. The molecule has 2 rings (SSSR count). The third-order valence-corrected chi connectivity index (χ3v) is 2.41. The molecule has 7 nitrogen and oxygen atoms in total. The van der Waals surface area contributed by atoms with Crippen molar-refractivity contribution in [1.82, 2.24) is 10.6 Å². The SMILES string of the molecule is C1CCNCC1.C1CCNCC1.CC(=O)[O-].O=N[O-].[Pd+2]. The van der Waals surface area contributed by atoms with E-state index in [1.807, 2.05) is 0 Å². The molecule has 0 saturated carbocycles. The summed E-state index contributed by atoms with van der Waals surface area (Å²) in [4.78, 5) is 16.9. The first-order valence-corrected chi connectivity index (χ1v) is 6.69. The summed E-state index contributed by atoms with van der Waals surface area (Å²) in [6.45, 7) is 5.97. The number of nitrogens with one attached hydrogen (secondary N) is 2. The zero-order chi connectivity index (χ0) is 14.8. The molecule has 2 heterocycles. The molecule has 0 spiro atoms. The van der Waals surface area contributed by atoms with Crippen molar-refractivity contribution in [2.24, 2.45) is 5.34 Å². The second kappa shape index (κ2) is 23.5. The molecule has 0 amide bonds. The predicted molar refractivity (Wildman–Crippen MR) is 73.3 cm³/mol. The Kier molecular flexibility index (Phi) is 28.8. The van der Waals surface area contributed by atoms with Crippen LogP contribution in [0.4, 0.5) is 0 Å². The summed E-state index contributed by atoms with van der Waals surface area (Å²) < 4.78 is 0. The molecule has 0 aliphatic carbocycles. The maximum absolute atomic E-state index is 8.89. The number of piperidine rings is 2. The number of nitrogens with zero attached hydrogens (tertiary/aromatic N) is 1. The Labute approximate surface area is 134 Å². The second-order valence-electron chi connectivity index (χ2n) is 4.19. The van der Waals surface area contributed by atoms with Gasteiger partial charge in [-0.2, -0.15) is 0 Å². The molecule has 0 unspecified atom stereocenters. The van der Waals surface area contributed by atoms with Crippen LogP contribution in [0, 0.1) is 10.1 Å². The van der Waals surface area contributed by atoms with Crippen molar-refractivity contribution >= 4 is 5.97 Å². The number of carboxylic acid groups (broad SMARTS) is 1. The van der Waals surface area contributed by atoms with Crippen LogP contribution in [0.3, 0.4) is 0 Å². The van der Waals surface area contributed by atoms with Gasteiger partial charge in [0.2, 0.25) is 0 Å². The van der Waals surface area contributed by atoms with Gasteiger partial charge in [0.25, 0.3) is 0 Å². The maximum Gasteiger partial charge on any atom is 2.00 e. The van der Waals surface area contributed by atoms with E-state index in [1.54, 1.807) is 0 Å². The van der Waals surface area contributed by atoms with Gasteiger partial charge in [-0.25, -0.2) is 0 Å². The number of carbonyl (C=O) groups excluding carboxylic acids is 1. The van der Waals surface area contributed by atoms with Crippen molar-refractivity contribution in [3.05, 3.63) is 10.1 Å². The van der Waals surface area contributed by atoms with Gasteiger partial charge >= 0.3 is 20.4 Å². The minimum Gasteiger partial charge on any atom is -0.550 e. The molecule has 2 N–H and O–H groups in total. The zero-order valence-corrected chi connectivity index (χ0v) is 13.5. The molecule has 0 radical (unpaired) electrons. The molecule has 0 aromatic rings. The summed E-state index contributed by atoms with van der Waals surface area (Å²) >= 11 is 0. The molecular weight excluding hydrogens is 357 g/mol. The molecule has 20 heavy (non-hydrogen) atoms. The normalized spacial score (nSPS) is 16.2. The second-order valence-corrected chi connectivity index (χ2v) is 4.19. The van der Waals surface area contributed by atoms with Crippen molar-refractivity contribution < 1.29 is 30.3 Å². The van der Waals surface area contributed by atoms with Gasteiger partial charge in [0.1, 0.15) is 0 Å². The topological polar surface area (TPSA) is 117 Å². The zero-order valence-electron chi connectivity index (χ0n) is 12.0. The van der Waals surface area contributed by atoms with Crippen LogP contribution in [0.25, 0.3) is 0 Å². The van der Waals surface area contributed by atoms with Crippen LogP contribution in [-0.4, -0.2) is 32.1 Å². The van der Waals surface area contributed by atoms with Crippen molar-refractivity contribution in [2.45, 2.75) is 45.4 Å². The van der Waals surface area contributed by atoms with E-state index >= 15 is 0 Å². The molecule has 8 heteroatoms. The third-order valence-electron chi connectivity index (χ3n) is 2.41. The number of rotatable bonds is 0. The van der Waals surface area contributed by atoms with Gasteiger partial charge in [-0.1, -0.05) is 12.8 Å². The molecular formula is C12H25N3O4Pd. The number of carboxylic acids is 1. The van der Waals surface area contributed by atoms with E-state index in [2.05, 4.69) is 10.6 Å². The van der Waals surface area contributed by atoms with Gasteiger partial charge in [-0.05, 0) is 58.8 Å². The first kappa shape index (κ1) is 24.5. The van der Waals surface area contributed by atoms with Gasteiger partial charge in [-0.15, -0.1) is 5.34 Å². The number of hydrogen-bond acceptors (Lipinski definition) is 7. The van der Waals surface area contributed by atoms with Gasteiger partial charge in [0.05, 0.1) is 0 Å². The summed E-state index contributed by atoms with van der Waals surface area (Å²) in [6.07, 6.45) is 8.43. The summed E-state index contributed by atoms with van der Waals surface area (Å²) in [6, 6.07) is 0. The fourth-order valence-electron chi connectivity index (χ4n) is 1.60. The molecule has 2 aliphatic rings. The van der Waals surface area contributed by atoms with Crippen LogP contribution < -0.4 is 15.7 Å². The van der Waals surface area contributed by atoms with Crippen LogP contribution in [-0.2, 0) is 25.2 Å². The quantitative estimate of drug-likeness (QED) is 0.359. The van der Waals surface area contributed by atoms with Crippen LogP contribution in [0.1, 0.15) is 45.4 Å². The molecule has 0 aromatic heterocycles. The van der Waals surface area contributed by atoms with E-state index in [0.717, 1.165) is 12.3 Å². The monoisotopic (exact) mass is 381 g/mol. The summed E-state index contributed by atoms with van der Waals surface area (Å²) in [7, 11) is 0. The summed E-state index contributed by atoms with van der Waals surface area (Å²) in [5.74, 6) is -1.08. The minimum absolute atomic E-state index is 0. The molecule has 0 atom stereocenters. The molecule has 2 aliphatic heterocycles.